The van der Waals surface area contributed by atoms with Crippen LogP contribution in [0.5, 0.6) is 5.75 Å². The monoisotopic (exact) mass is 377 g/mol. The van der Waals surface area contributed by atoms with Crippen LogP contribution in [0, 0.1) is 5.92 Å². The van der Waals surface area contributed by atoms with Crippen molar-refractivity contribution < 1.29 is 14.3 Å². The molecule has 0 radical (unpaired) electrons. The zero-order valence-electron chi connectivity index (χ0n) is 15.2. The van der Waals surface area contributed by atoms with Gasteiger partial charge in [-0.25, -0.2) is 0 Å². The maximum Gasteiger partial charge on any atom is 0.313 e. The van der Waals surface area contributed by atoms with Crippen molar-refractivity contribution in [2.45, 2.75) is 25.3 Å². The number of ether oxygens (including phenoxy) is 1. The summed E-state index contributed by atoms with van der Waals surface area (Å²) in [5.74, 6) is 2.40. The number of anilines is 1. The van der Waals surface area contributed by atoms with Crippen molar-refractivity contribution in [3.63, 3.8) is 0 Å². The summed E-state index contributed by atoms with van der Waals surface area (Å²) in [6.07, 6.45) is 3.47. The molecule has 0 bridgehead atoms. The summed E-state index contributed by atoms with van der Waals surface area (Å²) in [6.45, 7) is 2.77. The van der Waals surface area contributed by atoms with E-state index >= 15 is 0 Å². The van der Waals surface area contributed by atoms with Gasteiger partial charge in [-0.1, -0.05) is 6.07 Å². The van der Waals surface area contributed by atoms with Gasteiger partial charge < -0.3 is 15.4 Å². The number of piperidine rings is 1. The number of methoxy groups -OCH3 is 1. The second kappa shape index (κ2) is 9.28. The second-order valence-corrected chi connectivity index (χ2v) is 8.04. The first-order valence-corrected chi connectivity index (χ1v) is 10.4. The molecule has 2 aliphatic rings. The maximum absolute atomic E-state index is 12.1. The van der Waals surface area contributed by atoms with Gasteiger partial charge in [-0.2, -0.15) is 11.8 Å². The van der Waals surface area contributed by atoms with Crippen molar-refractivity contribution in [2.24, 2.45) is 5.92 Å². The minimum atomic E-state index is -0.640. The lowest BCUT2D eigenvalue weighted by Gasteiger charge is -2.35. The molecule has 0 saturated carbocycles. The molecule has 1 atom stereocenters. The molecule has 2 N–H and O–H groups in total. The number of nitrogens with zero attached hydrogens (tertiary/aromatic N) is 1. The highest BCUT2D eigenvalue weighted by Gasteiger charge is 2.27. The smallest absolute Gasteiger partial charge is 0.313 e. The normalized spacial score (nSPS) is 21.3. The lowest BCUT2D eigenvalue weighted by atomic mass is 9.95. The maximum atomic E-state index is 12.1. The van der Waals surface area contributed by atoms with Gasteiger partial charge in [-0.05, 0) is 56.2 Å². The zero-order chi connectivity index (χ0) is 18.4. The predicted octanol–water partition coefficient (Wildman–Crippen LogP) is 1.97. The number of hydrogen-bond donors (Lipinski definition) is 2. The molecule has 3 rings (SSSR count). The highest BCUT2D eigenvalue weighted by molar-refractivity contribution is 7.99. The van der Waals surface area contributed by atoms with Gasteiger partial charge in [0, 0.05) is 30.1 Å². The quantitative estimate of drug-likeness (QED) is 0.768. The highest BCUT2D eigenvalue weighted by atomic mass is 32.2. The van der Waals surface area contributed by atoms with Crippen LogP contribution in [0.25, 0.3) is 0 Å². The Hall–Kier alpha value is -1.73. The molecule has 142 valence electrons. The standard InChI is InChI=1S/C19H27N3O3S/c1-25-17-4-2-3-15(11-17)21-19(24)18(23)20-12-14-5-8-22(9-6-14)16-7-10-26-13-16/h2-4,11,14,16H,5-10,12-13H2,1H3,(H,20,23)(H,21,24). The Morgan fingerprint density at radius 3 is 2.73 bits per heavy atom. The molecule has 2 amide bonds. The van der Waals surface area contributed by atoms with Crippen molar-refractivity contribution in [3.8, 4) is 5.75 Å². The lowest BCUT2D eigenvalue weighted by molar-refractivity contribution is -0.136. The first-order valence-electron chi connectivity index (χ1n) is 9.20. The van der Waals surface area contributed by atoms with E-state index in [4.69, 9.17) is 4.74 Å². The zero-order valence-corrected chi connectivity index (χ0v) is 16.0. The van der Waals surface area contributed by atoms with Crippen molar-refractivity contribution in [3.05, 3.63) is 24.3 Å². The van der Waals surface area contributed by atoms with Crippen LogP contribution in [-0.4, -0.2) is 61.0 Å². The van der Waals surface area contributed by atoms with Gasteiger partial charge >= 0.3 is 11.8 Å². The number of carbonyl (C=O) groups is 2. The number of thioether (sulfide) groups is 1. The summed E-state index contributed by atoms with van der Waals surface area (Å²) < 4.78 is 5.11. The molecule has 1 aromatic rings. The van der Waals surface area contributed by atoms with Crippen molar-refractivity contribution in [2.75, 3.05) is 43.6 Å². The number of hydrogen-bond acceptors (Lipinski definition) is 5. The van der Waals surface area contributed by atoms with Crippen LogP contribution in [0.1, 0.15) is 19.3 Å². The average Bonchev–Trinajstić information content (AvgIpc) is 3.21. The summed E-state index contributed by atoms with van der Waals surface area (Å²) in [6, 6.07) is 7.70. The third kappa shape index (κ3) is 5.14. The van der Waals surface area contributed by atoms with E-state index in [2.05, 4.69) is 15.5 Å². The van der Waals surface area contributed by atoms with Crippen LogP contribution in [-0.2, 0) is 9.59 Å². The number of likely N-dealkylation sites (tertiary alicyclic amines) is 1. The first-order chi connectivity index (χ1) is 12.7. The second-order valence-electron chi connectivity index (χ2n) is 6.89. The number of amides is 2. The molecule has 26 heavy (non-hydrogen) atoms. The topological polar surface area (TPSA) is 70.7 Å². The molecular weight excluding hydrogens is 350 g/mol. The van der Waals surface area contributed by atoms with E-state index in [-0.39, 0.29) is 0 Å². The summed E-state index contributed by atoms with van der Waals surface area (Å²) in [5.41, 5.74) is 0.548. The van der Waals surface area contributed by atoms with E-state index < -0.39 is 11.8 Å². The Morgan fingerprint density at radius 1 is 1.23 bits per heavy atom. The molecule has 2 heterocycles. The average molecular weight is 378 g/mol. The molecule has 2 fully saturated rings. The largest absolute Gasteiger partial charge is 0.497 e. The van der Waals surface area contributed by atoms with Gasteiger partial charge in [0.1, 0.15) is 5.75 Å². The summed E-state index contributed by atoms with van der Waals surface area (Å²) in [5, 5.41) is 5.39. The van der Waals surface area contributed by atoms with Crippen LogP contribution in [0.3, 0.4) is 0 Å². The lowest BCUT2D eigenvalue weighted by Crippen LogP contribution is -2.45. The minimum Gasteiger partial charge on any atom is -0.497 e. The van der Waals surface area contributed by atoms with Crippen molar-refractivity contribution >= 4 is 29.3 Å². The molecular formula is C19H27N3O3S. The number of rotatable bonds is 5. The van der Waals surface area contributed by atoms with Gasteiger partial charge in [0.2, 0.25) is 0 Å². The van der Waals surface area contributed by atoms with Gasteiger partial charge in [0.25, 0.3) is 0 Å². The van der Waals surface area contributed by atoms with Gasteiger partial charge in [-0.15, -0.1) is 0 Å². The van der Waals surface area contributed by atoms with Crippen LogP contribution < -0.4 is 15.4 Å². The molecule has 6 nitrogen and oxygen atoms in total. The van der Waals surface area contributed by atoms with E-state index in [9.17, 15) is 9.59 Å². The molecule has 0 aromatic heterocycles. The number of nitrogens with one attached hydrogen (secondary N) is 2. The number of benzene rings is 1. The predicted molar refractivity (Wildman–Crippen MR) is 105 cm³/mol. The Bertz CT molecular complexity index is 626. The van der Waals surface area contributed by atoms with Crippen LogP contribution in [0.4, 0.5) is 5.69 Å². The fraction of sp³-hybridized carbons (Fsp3) is 0.579. The number of carbonyl (C=O) groups excluding carboxylic acids is 2. The van der Waals surface area contributed by atoms with Gasteiger partial charge in [0.15, 0.2) is 0 Å². The third-order valence-electron chi connectivity index (χ3n) is 5.16. The van der Waals surface area contributed by atoms with E-state index in [1.807, 2.05) is 11.8 Å². The summed E-state index contributed by atoms with van der Waals surface area (Å²) >= 11 is 2.05. The van der Waals surface area contributed by atoms with Crippen LogP contribution in [0.15, 0.2) is 24.3 Å². The Balaban J connectivity index is 1.39. The fourth-order valence-electron chi connectivity index (χ4n) is 3.54. The van der Waals surface area contributed by atoms with E-state index in [0.29, 0.717) is 23.9 Å². The molecule has 1 aromatic carbocycles. The van der Waals surface area contributed by atoms with Gasteiger partial charge in [0.05, 0.1) is 7.11 Å². The van der Waals surface area contributed by atoms with Crippen LogP contribution >= 0.6 is 11.8 Å². The van der Waals surface area contributed by atoms with E-state index in [1.54, 1.807) is 31.4 Å². The highest BCUT2D eigenvalue weighted by Crippen LogP contribution is 2.26. The van der Waals surface area contributed by atoms with E-state index in [0.717, 1.165) is 32.0 Å². The van der Waals surface area contributed by atoms with E-state index in [1.165, 1.54) is 17.9 Å². The minimum absolute atomic E-state index is 0.453. The van der Waals surface area contributed by atoms with Crippen molar-refractivity contribution in [1.29, 1.82) is 0 Å². The summed E-state index contributed by atoms with van der Waals surface area (Å²) in [7, 11) is 1.56. The Kier molecular flexibility index (Phi) is 6.80. The Morgan fingerprint density at radius 2 is 2.04 bits per heavy atom. The molecule has 2 saturated heterocycles. The molecule has 2 aliphatic heterocycles. The summed E-state index contributed by atoms with van der Waals surface area (Å²) in [4.78, 5) is 26.7. The molecule has 0 aliphatic carbocycles. The Labute approximate surface area is 159 Å². The first kappa shape index (κ1) is 19.0. The molecule has 7 heteroatoms. The fourth-order valence-corrected chi connectivity index (χ4v) is 4.79. The third-order valence-corrected chi connectivity index (χ3v) is 6.30. The molecule has 0 spiro atoms. The molecule has 1 unspecified atom stereocenters. The van der Waals surface area contributed by atoms with Crippen molar-refractivity contribution in [1.82, 2.24) is 10.2 Å². The SMILES string of the molecule is COc1cccc(NC(=O)C(=O)NCC2CCN(C3CCSC3)CC2)c1. The van der Waals surface area contributed by atoms with Crippen LogP contribution in [0.2, 0.25) is 0 Å². The van der Waals surface area contributed by atoms with Gasteiger partial charge in [-0.3, -0.25) is 14.5 Å².